The first-order valence-corrected chi connectivity index (χ1v) is 6.72. The lowest BCUT2D eigenvalue weighted by Crippen LogP contribution is -2.35. The van der Waals surface area contributed by atoms with Crippen LogP contribution in [0.25, 0.3) is 0 Å². The maximum atomic E-state index is 12.0. The number of phenolic OH excluding ortho intramolecular Hbond substituents is 1. The fourth-order valence-corrected chi connectivity index (χ4v) is 2.37. The Labute approximate surface area is 118 Å². The number of phenols is 1. The maximum Gasteiger partial charge on any atom is 0.410 e. The van der Waals surface area contributed by atoms with Gasteiger partial charge in [0.15, 0.2) is 0 Å². The van der Waals surface area contributed by atoms with Gasteiger partial charge in [0.1, 0.15) is 11.4 Å². The zero-order valence-electron chi connectivity index (χ0n) is 12.0. The van der Waals surface area contributed by atoms with Crippen LogP contribution in [0.2, 0.25) is 0 Å². The number of β-amino-alcohol motifs (C(OH)–C–C–N with tert-alkyl or cyclic N) is 1. The summed E-state index contributed by atoms with van der Waals surface area (Å²) in [5.74, 6) is -0.147. The summed E-state index contributed by atoms with van der Waals surface area (Å²) in [6.07, 6.45) is -1.13. The predicted molar refractivity (Wildman–Crippen MR) is 74.7 cm³/mol. The minimum absolute atomic E-state index is 0.141. The molecule has 5 nitrogen and oxygen atoms in total. The van der Waals surface area contributed by atoms with E-state index in [1.807, 2.05) is 0 Å². The summed E-state index contributed by atoms with van der Waals surface area (Å²) in [7, 11) is 0. The van der Waals surface area contributed by atoms with Gasteiger partial charge in [0.25, 0.3) is 0 Å². The van der Waals surface area contributed by atoms with Crippen molar-refractivity contribution in [3.8, 4) is 5.75 Å². The lowest BCUT2D eigenvalue weighted by molar-refractivity contribution is 0.0270. The molecule has 0 bridgehead atoms. The van der Waals surface area contributed by atoms with Crippen molar-refractivity contribution in [3.05, 3.63) is 29.8 Å². The Morgan fingerprint density at radius 3 is 2.55 bits per heavy atom. The monoisotopic (exact) mass is 279 g/mol. The number of ether oxygens (including phenoxy) is 1. The Kier molecular flexibility index (Phi) is 3.90. The standard InChI is InChI=1S/C15H21NO4/c1-15(2,3)20-14(19)16-8-11(13(18)9-16)10-6-4-5-7-12(10)17/h4-7,11,13,17-18H,8-9H2,1-3H3. The Morgan fingerprint density at radius 2 is 1.95 bits per heavy atom. The summed E-state index contributed by atoms with van der Waals surface area (Å²) < 4.78 is 5.30. The van der Waals surface area contributed by atoms with Gasteiger partial charge in [-0.2, -0.15) is 0 Å². The minimum Gasteiger partial charge on any atom is -0.508 e. The fraction of sp³-hybridized carbons (Fsp3) is 0.533. The van der Waals surface area contributed by atoms with Crippen LogP contribution in [-0.4, -0.2) is 46.0 Å². The Hall–Kier alpha value is -1.75. The van der Waals surface area contributed by atoms with Crippen molar-refractivity contribution in [3.63, 3.8) is 0 Å². The second-order valence-electron chi connectivity index (χ2n) is 6.12. The van der Waals surface area contributed by atoms with Crippen molar-refractivity contribution in [2.75, 3.05) is 13.1 Å². The highest BCUT2D eigenvalue weighted by molar-refractivity contribution is 5.69. The fourth-order valence-electron chi connectivity index (χ4n) is 2.37. The molecule has 20 heavy (non-hydrogen) atoms. The predicted octanol–water partition coefficient (Wildman–Crippen LogP) is 2.09. The second-order valence-corrected chi connectivity index (χ2v) is 6.12. The van der Waals surface area contributed by atoms with Gasteiger partial charge in [0.2, 0.25) is 0 Å². The molecule has 1 saturated heterocycles. The average molecular weight is 279 g/mol. The Balaban J connectivity index is 2.10. The number of rotatable bonds is 1. The average Bonchev–Trinajstić information content (AvgIpc) is 2.70. The molecule has 5 heteroatoms. The van der Waals surface area contributed by atoms with E-state index in [9.17, 15) is 15.0 Å². The molecular formula is C15H21NO4. The molecule has 2 atom stereocenters. The van der Waals surface area contributed by atoms with Gasteiger partial charge >= 0.3 is 6.09 Å². The van der Waals surface area contributed by atoms with Crippen molar-refractivity contribution in [1.82, 2.24) is 4.90 Å². The van der Waals surface area contributed by atoms with Gasteiger partial charge < -0.3 is 19.8 Å². The van der Waals surface area contributed by atoms with Crippen LogP contribution in [0.15, 0.2) is 24.3 Å². The van der Waals surface area contributed by atoms with Crippen LogP contribution in [0.4, 0.5) is 4.79 Å². The number of carbonyl (C=O) groups excluding carboxylic acids is 1. The maximum absolute atomic E-state index is 12.0. The smallest absolute Gasteiger partial charge is 0.410 e. The highest BCUT2D eigenvalue weighted by Crippen LogP contribution is 2.33. The van der Waals surface area contributed by atoms with Gasteiger partial charge in [-0.1, -0.05) is 18.2 Å². The summed E-state index contributed by atoms with van der Waals surface area (Å²) in [6.45, 7) is 5.97. The van der Waals surface area contributed by atoms with Crippen molar-refractivity contribution < 1.29 is 19.7 Å². The molecule has 1 aromatic carbocycles. The lowest BCUT2D eigenvalue weighted by atomic mass is 9.95. The molecule has 110 valence electrons. The quantitative estimate of drug-likeness (QED) is 0.826. The number of amides is 1. The molecule has 0 spiro atoms. The topological polar surface area (TPSA) is 70.0 Å². The zero-order valence-corrected chi connectivity index (χ0v) is 12.0. The third-order valence-electron chi connectivity index (χ3n) is 3.28. The first-order valence-electron chi connectivity index (χ1n) is 6.72. The third kappa shape index (κ3) is 3.22. The number of aliphatic hydroxyl groups is 1. The molecular weight excluding hydrogens is 258 g/mol. The molecule has 1 aliphatic heterocycles. The molecule has 2 rings (SSSR count). The number of nitrogens with zero attached hydrogens (tertiary/aromatic N) is 1. The van der Waals surface area contributed by atoms with Crippen molar-refractivity contribution in [1.29, 1.82) is 0 Å². The molecule has 0 radical (unpaired) electrons. The highest BCUT2D eigenvalue weighted by atomic mass is 16.6. The number of hydrogen-bond acceptors (Lipinski definition) is 4. The van der Waals surface area contributed by atoms with E-state index in [2.05, 4.69) is 0 Å². The molecule has 0 aromatic heterocycles. The Bertz CT molecular complexity index is 495. The number of hydrogen-bond donors (Lipinski definition) is 2. The van der Waals surface area contributed by atoms with E-state index in [1.54, 1.807) is 45.0 Å². The van der Waals surface area contributed by atoms with Crippen LogP contribution >= 0.6 is 0 Å². The summed E-state index contributed by atoms with van der Waals surface area (Å²) in [4.78, 5) is 13.5. The first kappa shape index (κ1) is 14.7. The summed E-state index contributed by atoms with van der Waals surface area (Å²) >= 11 is 0. The van der Waals surface area contributed by atoms with E-state index in [4.69, 9.17) is 4.74 Å². The van der Waals surface area contributed by atoms with Crippen molar-refractivity contribution >= 4 is 6.09 Å². The number of para-hydroxylation sites is 1. The van der Waals surface area contributed by atoms with Crippen LogP contribution in [-0.2, 0) is 4.74 Å². The molecule has 1 heterocycles. The molecule has 0 saturated carbocycles. The summed E-state index contributed by atoms with van der Waals surface area (Å²) in [6, 6.07) is 6.88. The van der Waals surface area contributed by atoms with Crippen LogP contribution in [0.1, 0.15) is 32.3 Å². The number of carbonyl (C=O) groups is 1. The van der Waals surface area contributed by atoms with E-state index in [1.165, 1.54) is 4.90 Å². The minimum atomic E-state index is -0.698. The van der Waals surface area contributed by atoms with E-state index in [0.29, 0.717) is 12.1 Å². The van der Waals surface area contributed by atoms with Gasteiger partial charge in [0, 0.05) is 18.0 Å². The normalized spacial score (nSPS) is 22.9. The summed E-state index contributed by atoms with van der Waals surface area (Å²) in [5, 5.41) is 20.0. The number of aromatic hydroxyl groups is 1. The number of benzene rings is 1. The van der Waals surface area contributed by atoms with Gasteiger partial charge in [-0.05, 0) is 26.8 Å². The summed E-state index contributed by atoms with van der Waals surface area (Å²) in [5.41, 5.74) is 0.0979. The van der Waals surface area contributed by atoms with E-state index in [0.717, 1.165) is 0 Å². The molecule has 1 aromatic rings. The van der Waals surface area contributed by atoms with E-state index >= 15 is 0 Å². The Morgan fingerprint density at radius 1 is 1.30 bits per heavy atom. The largest absolute Gasteiger partial charge is 0.508 e. The SMILES string of the molecule is CC(C)(C)OC(=O)N1CC(O)C(c2ccccc2O)C1. The van der Waals surface area contributed by atoms with Crippen LogP contribution in [0.3, 0.4) is 0 Å². The zero-order chi connectivity index (χ0) is 14.9. The van der Waals surface area contributed by atoms with Gasteiger partial charge in [-0.15, -0.1) is 0 Å². The van der Waals surface area contributed by atoms with Crippen molar-refractivity contribution in [2.45, 2.75) is 38.4 Å². The molecule has 2 unspecified atom stereocenters. The lowest BCUT2D eigenvalue weighted by Gasteiger charge is -2.24. The second kappa shape index (κ2) is 5.32. The molecule has 1 amide bonds. The first-order chi connectivity index (χ1) is 9.28. The van der Waals surface area contributed by atoms with E-state index < -0.39 is 17.8 Å². The van der Waals surface area contributed by atoms with Crippen molar-refractivity contribution in [2.24, 2.45) is 0 Å². The number of aliphatic hydroxyl groups excluding tert-OH is 1. The van der Waals surface area contributed by atoms with Gasteiger partial charge in [0.05, 0.1) is 12.6 Å². The third-order valence-corrected chi connectivity index (χ3v) is 3.28. The molecule has 2 N–H and O–H groups in total. The molecule has 1 fully saturated rings. The van der Waals surface area contributed by atoms with Crippen LogP contribution < -0.4 is 0 Å². The number of likely N-dealkylation sites (tertiary alicyclic amines) is 1. The van der Waals surface area contributed by atoms with Crippen LogP contribution in [0.5, 0.6) is 5.75 Å². The van der Waals surface area contributed by atoms with Gasteiger partial charge in [-0.25, -0.2) is 4.79 Å². The molecule has 1 aliphatic rings. The van der Waals surface area contributed by atoms with E-state index in [-0.39, 0.29) is 18.2 Å². The van der Waals surface area contributed by atoms with Gasteiger partial charge in [-0.3, -0.25) is 0 Å². The molecule has 0 aliphatic carbocycles. The highest BCUT2D eigenvalue weighted by Gasteiger charge is 2.37. The van der Waals surface area contributed by atoms with Crippen LogP contribution in [0, 0.1) is 0 Å².